The van der Waals surface area contributed by atoms with Crippen molar-refractivity contribution in [2.45, 2.75) is 64.3 Å². The predicted octanol–water partition coefficient (Wildman–Crippen LogP) is 4.60. The van der Waals surface area contributed by atoms with Crippen LogP contribution in [0.1, 0.15) is 52.9 Å². The number of rotatable bonds is 5. The molecule has 176 valence electrons. The maximum absolute atomic E-state index is 13.2. The molecule has 4 rings (SSSR count). The number of thiazole rings is 1. The molecule has 1 fully saturated rings. The molecule has 1 amide bonds. The highest BCUT2D eigenvalue weighted by molar-refractivity contribution is 7.89. The molecule has 33 heavy (non-hydrogen) atoms. The number of fused-ring (bicyclic) bond motifs is 1. The van der Waals surface area contributed by atoms with Gasteiger partial charge in [-0.2, -0.15) is 4.72 Å². The highest BCUT2D eigenvalue weighted by atomic mass is 32.2. The van der Waals surface area contributed by atoms with Crippen LogP contribution in [0.4, 0.5) is 0 Å². The summed E-state index contributed by atoms with van der Waals surface area (Å²) in [6.45, 7) is 10.3. The number of aromatic nitrogens is 1. The van der Waals surface area contributed by atoms with E-state index in [-0.39, 0.29) is 10.8 Å². The zero-order valence-corrected chi connectivity index (χ0v) is 21.4. The molecular formula is C25H31N3O3S2. The molecule has 6 nitrogen and oxygen atoms in total. The molecule has 2 aromatic carbocycles. The third kappa shape index (κ3) is 4.69. The Bertz CT molecular complexity index is 1250. The average Bonchev–Trinajstić information content (AvgIpc) is 3.21. The lowest BCUT2D eigenvalue weighted by Crippen LogP contribution is -2.49. The molecule has 0 unspecified atom stereocenters. The van der Waals surface area contributed by atoms with Crippen molar-refractivity contribution in [1.29, 1.82) is 0 Å². The number of aryl methyl sites for hydroxylation is 2. The Kier molecular flexibility index (Phi) is 6.62. The lowest BCUT2D eigenvalue weighted by Gasteiger charge is -2.33. The first-order valence-electron chi connectivity index (χ1n) is 11.3. The fourth-order valence-electron chi connectivity index (χ4n) is 4.61. The second kappa shape index (κ2) is 9.16. The zero-order chi connectivity index (χ0) is 23.9. The van der Waals surface area contributed by atoms with Gasteiger partial charge in [-0.05, 0) is 81.8 Å². The first-order chi connectivity index (χ1) is 15.6. The number of piperidine rings is 1. The van der Waals surface area contributed by atoms with Gasteiger partial charge >= 0.3 is 0 Å². The van der Waals surface area contributed by atoms with E-state index in [2.05, 4.69) is 10.8 Å². The van der Waals surface area contributed by atoms with Crippen molar-refractivity contribution < 1.29 is 13.2 Å². The second-order valence-electron chi connectivity index (χ2n) is 9.05. The summed E-state index contributed by atoms with van der Waals surface area (Å²) in [7, 11) is -3.82. The molecule has 1 aliphatic rings. The van der Waals surface area contributed by atoms with Gasteiger partial charge in [0.05, 0.1) is 26.2 Å². The molecule has 1 N–H and O–H groups in total. The van der Waals surface area contributed by atoms with Gasteiger partial charge in [-0.25, -0.2) is 13.4 Å². The van der Waals surface area contributed by atoms with Gasteiger partial charge in [-0.15, -0.1) is 11.3 Å². The van der Waals surface area contributed by atoms with Crippen molar-refractivity contribution >= 4 is 37.5 Å². The number of nitrogens with zero attached hydrogens (tertiary/aromatic N) is 2. The minimum absolute atomic E-state index is 0.180. The van der Waals surface area contributed by atoms with Crippen LogP contribution in [-0.4, -0.2) is 43.3 Å². The summed E-state index contributed by atoms with van der Waals surface area (Å²) in [4.78, 5) is 19.9. The van der Waals surface area contributed by atoms with E-state index in [1.54, 1.807) is 23.2 Å². The Morgan fingerprint density at radius 2 is 1.70 bits per heavy atom. The summed E-state index contributed by atoms with van der Waals surface area (Å²) in [6, 6.07) is 9.30. The Morgan fingerprint density at radius 1 is 1.09 bits per heavy atom. The number of likely N-dealkylation sites (tertiary alicyclic amines) is 1. The van der Waals surface area contributed by atoms with E-state index in [0.29, 0.717) is 19.0 Å². The van der Waals surface area contributed by atoms with Gasteiger partial charge in [-0.3, -0.25) is 4.79 Å². The van der Waals surface area contributed by atoms with Crippen molar-refractivity contribution in [1.82, 2.24) is 14.6 Å². The summed E-state index contributed by atoms with van der Waals surface area (Å²) < 4.78 is 30.2. The third-order valence-electron chi connectivity index (χ3n) is 6.73. The standard InChI is InChI=1S/C25H31N3O3S2/c1-15-14-16(2)18(4)23(17(15)3)33(30,31)27-19(5)25(29)28-12-10-20(11-13-28)24-26-21-8-6-7-9-22(21)32-24/h6-9,14,19-20,27H,10-13H2,1-5H3/t19-/m0/s1. The van der Waals surface area contributed by atoms with E-state index >= 15 is 0 Å². The Morgan fingerprint density at radius 3 is 2.30 bits per heavy atom. The van der Waals surface area contributed by atoms with Gasteiger partial charge in [0.1, 0.15) is 0 Å². The molecule has 0 saturated carbocycles. The number of amides is 1. The van der Waals surface area contributed by atoms with Crippen LogP contribution < -0.4 is 4.72 Å². The molecule has 1 atom stereocenters. The van der Waals surface area contributed by atoms with Crippen molar-refractivity contribution in [3.05, 3.63) is 57.6 Å². The molecule has 0 radical (unpaired) electrons. The summed E-state index contributed by atoms with van der Waals surface area (Å²) in [5, 5.41) is 1.12. The minimum atomic E-state index is -3.82. The topological polar surface area (TPSA) is 79.4 Å². The number of carbonyl (C=O) groups is 1. The zero-order valence-electron chi connectivity index (χ0n) is 19.8. The van der Waals surface area contributed by atoms with Crippen LogP contribution >= 0.6 is 11.3 Å². The lowest BCUT2D eigenvalue weighted by atomic mass is 9.97. The van der Waals surface area contributed by atoms with Gasteiger partial charge in [0.25, 0.3) is 0 Å². The Hall–Kier alpha value is -2.29. The Balaban J connectivity index is 1.43. The largest absolute Gasteiger partial charge is 0.341 e. The van der Waals surface area contributed by atoms with Crippen LogP contribution in [0, 0.1) is 27.7 Å². The number of hydrogen-bond acceptors (Lipinski definition) is 5. The van der Waals surface area contributed by atoms with Gasteiger partial charge in [-0.1, -0.05) is 18.2 Å². The van der Waals surface area contributed by atoms with Crippen molar-refractivity contribution in [2.24, 2.45) is 0 Å². The number of hydrogen-bond donors (Lipinski definition) is 1. The quantitative estimate of drug-likeness (QED) is 0.573. The molecule has 3 aromatic rings. The van der Waals surface area contributed by atoms with E-state index in [1.807, 2.05) is 52.0 Å². The highest BCUT2D eigenvalue weighted by Gasteiger charge is 2.31. The number of carbonyl (C=O) groups excluding carboxylic acids is 1. The van der Waals surface area contributed by atoms with Crippen LogP contribution in [0.15, 0.2) is 35.2 Å². The average molecular weight is 486 g/mol. The molecule has 0 spiro atoms. The van der Waals surface area contributed by atoms with E-state index in [9.17, 15) is 13.2 Å². The molecule has 1 aromatic heterocycles. The van der Waals surface area contributed by atoms with Crippen LogP contribution in [0.25, 0.3) is 10.2 Å². The summed E-state index contributed by atoms with van der Waals surface area (Å²) in [5.41, 5.74) is 4.32. The molecule has 1 aliphatic heterocycles. The van der Waals surface area contributed by atoms with Crippen LogP contribution in [0.2, 0.25) is 0 Å². The number of nitrogens with one attached hydrogen (secondary N) is 1. The van der Waals surface area contributed by atoms with Crippen LogP contribution in [-0.2, 0) is 14.8 Å². The number of sulfonamides is 1. The predicted molar refractivity (Wildman–Crippen MR) is 133 cm³/mol. The number of benzene rings is 2. The normalized spacial score (nSPS) is 16.3. The molecule has 0 aliphatic carbocycles. The minimum Gasteiger partial charge on any atom is -0.341 e. The molecule has 0 bridgehead atoms. The van der Waals surface area contributed by atoms with E-state index in [4.69, 9.17) is 4.98 Å². The molecule has 2 heterocycles. The van der Waals surface area contributed by atoms with Crippen LogP contribution in [0.5, 0.6) is 0 Å². The molecular weight excluding hydrogens is 454 g/mol. The van der Waals surface area contributed by atoms with Gasteiger partial charge in [0.15, 0.2) is 0 Å². The Labute approximate surface area is 200 Å². The SMILES string of the molecule is Cc1cc(C)c(C)c(S(=O)(=O)N[C@@H](C)C(=O)N2CCC(c3nc4ccccc4s3)CC2)c1C. The second-order valence-corrected chi connectivity index (χ2v) is 11.8. The summed E-state index contributed by atoms with van der Waals surface area (Å²) in [5.74, 6) is 0.153. The van der Waals surface area contributed by atoms with E-state index < -0.39 is 16.1 Å². The maximum Gasteiger partial charge on any atom is 0.241 e. The van der Waals surface area contributed by atoms with E-state index in [1.165, 1.54) is 4.70 Å². The molecule has 1 saturated heterocycles. The van der Waals surface area contributed by atoms with Gasteiger partial charge in [0, 0.05) is 19.0 Å². The fraction of sp³-hybridized carbons (Fsp3) is 0.440. The van der Waals surface area contributed by atoms with Crippen molar-refractivity contribution in [3.8, 4) is 0 Å². The van der Waals surface area contributed by atoms with Crippen molar-refractivity contribution in [3.63, 3.8) is 0 Å². The maximum atomic E-state index is 13.2. The number of para-hydroxylation sites is 1. The van der Waals surface area contributed by atoms with E-state index in [0.717, 1.165) is 45.6 Å². The lowest BCUT2D eigenvalue weighted by molar-refractivity contribution is -0.133. The van der Waals surface area contributed by atoms with Crippen LogP contribution in [0.3, 0.4) is 0 Å². The third-order valence-corrected chi connectivity index (χ3v) is 9.75. The fourth-order valence-corrected chi connectivity index (χ4v) is 7.56. The van der Waals surface area contributed by atoms with Gasteiger partial charge < -0.3 is 4.90 Å². The van der Waals surface area contributed by atoms with Gasteiger partial charge in [0.2, 0.25) is 15.9 Å². The highest BCUT2D eigenvalue weighted by Crippen LogP contribution is 2.34. The summed E-state index contributed by atoms with van der Waals surface area (Å²) >= 11 is 1.72. The first-order valence-corrected chi connectivity index (χ1v) is 13.6. The monoisotopic (exact) mass is 485 g/mol. The first kappa shape index (κ1) is 23.9. The smallest absolute Gasteiger partial charge is 0.241 e. The molecule has 8 heteroatoms. The summed E-state index contributed by atoms with van der Waals surface area (Å²) in [6.07, 6.45) is 1.67. The van der Waals surface area contributed by atoms with Crippen molar-refractivity contribution in [2.75, 3.05) is 13.1 Å².